The van der Waals surface area contributed by atoms with Crippen LogP contribution in [0, 0.1) is 13.8 Å². The molecule has 0 unspecified atom stereocenters. The van der Waals surface area contributed by atoms with E-state index in [1.807, 2.05) is 19.2 Å². The fourth-order valence-corrected chi connectivity index (χ4v) is 6.78. The molecule has 1 amide bonds. The minimum absolute atomic E-state index is 0.150. The Bertz CT molecular complexity index is 1180. The maximum Gasteiger partial charge on any atom is 0.243 e. The Labute approximate surface area is 190 Å². The largest absolute Gasteiger partial charge is 0.302 e. The molecule has 0 saturated carbocycles. The Kier molecular flexibility index (Phi) is 6.52. The summed E-state index contributed by atoms with van der Waals surface area (Å²) in [6.07, 6.45) is 3.03. The molecule has 3 heterocycles. The first-order valence-electron chi connectivity index (χ1n) is 10.1. The molecule has 0 spiro atoms. The van der Waals surface area contributed by atoms with Gasteiger partial charge in [-0.25, -0.2) is 18.4 Å². The third kappa shape index (κ3) is 5.03. The number of anilines is 1. The second-order valence-corrected chi connectivity index (χ2v) is 11.5. The number of benzene rings is 1. The van der Waals surface area contributed by atoms with E-state index in [0.29, 0.717) is 18.2 Å². The lowest BCUT2D eigenvalue weighted by atomic mass is 10.1. The SMILES string of the molecule is Cc1nc(C)c(-c2csc(NC(=O)Cc3ccc(S(=O)(=O)N4CCCCC4)cc3)n2)s1. The van der Waals surface area contributed by atoms with Crippen LogP contribution in [0.2, 0.25) is 0 Å². The van der Waals surface area contributed by atoms with E-state index in [1.54, 1.807) is 39.9 Å². The number of aryl methyl sites for hydroxylation is 2. The first-order chi connectivity index (χ1) is 14.8. The molecule has 1 fully saturated rings. The van der Waals surface area contributed by atoms with Gasteiger partial charge in [-0.3, -0.25) is 4.79 Å². The maximum absolute atomic E-state index is 12.7. The monoisotopic (exact) mass is 476 g/mol. The number of nitrogens with zero attached hydrogens (tertiary/aromatic N) is 3. The zero-order chi connectivity index (χ0) is 22.0. The highest BCUT2D eigenvalue weighted by atomic mass is 32.2. The molecular weight excluding hydrogens is 452 g/mol. The molecule has 0 radical (unpaired) electrons. The number of rotatable bonds is 6. The summed E-state index contributed by atoms with van der Waals surface area (Å²) >= 11 is 2.96. The van der Waals surface area contributed by atoms with Gasteiger partial charge in [0.05, 0.1) is 32.6 Å². The number of sulfonamides is 1. The van der Waals surface area contributed by atoms with Crippen molar-refractivity contribution in [1.29, 1.82) is 0 Å². The molecule has 0 atom stereocenters. The highest BCUT2D eigenvalue weighted by Gasteiger charge is 2.25. The van der Waals surface area contributed by atoms with E-state index in [9.17, 15) is 13.2 Å². The third-order valence-electron chi connectivity index (χ3n) is 5.13. The van der Waals surface area contributed by atoms with Gasteiger partial charge in [0.25, 0.3) is 0 Å². The molecule has 164 valence electrons. The number of aromatic nitrogens is 2. The molecule has 1 N–H and O–H groups in total. The van der Waals surface area contributed by atoms with Crippen LogP contribution in [0.15, 0.2) is 34.5 Å². The molecule has 4 rings (SSSR count). The van der Waals surface area contributed by atoms with Gasteiger partial charge >= 0.3 is 0 Å². The van der Waals surface area contributed by atoms with Crippen molar-refractivity contribution in [1.82, 2.24) is 14.3 Å². The summed E-state index contributed by atoms with van der Waals surface area (Å²) in [7, 11) is -3.46. The van der Waals surface area contributed by atoms with Crippen molar-refractivity contribution in [2.24, 2.45) is 0 Å². The van der Waals surface area contributed by atoms with Crippen LogP contribution < -0.4 is 5.32 Å². The summed E-state index contributed by atoms with van der Waals surface area (Å²) in [5, 5.41) is 6.26. The van der Waals surface area contributed by atoms with E-state index >= 15 is 0 Å². The quantitative estimate of drug-likeness (QED) is 0.574. The van der Waals surface area contributed by atoms with Gasteiger partial charge in [-0.2, -0.15) is 4.31 Å². The predicted molar refractivity (Wildman–Crippen MR) is 124 cm³/mol. The van der Waals surface area contributed by atoms with E-state index in [4.69, 9.17) is 0 Å². The second kappa shape index (κ2) is 9.15. The lowest BCUT2D eigenvalue weighted by Crippen LogP contribution is -2.35. The Balaban J connectivity index is 1.38. The van der Waals surface area contributed by atoms with Gasteiger partial charge in [0.2, 0.25) is 15.9 Å². The highest BCUT2D eigenvalue weighted by molar-refractivity contribution is 7.89. The van der Waals surface area contributed by atoms with Crippen LogP contribution in [0.5, 0.6) is 0 Å². The zero-order valence-corrected chi connectivity index (χ0v) is 19.9. The molecule has 0 aliphatic carbocycles. The van der Waals surface area contributed by atoms with Crippen molar-refractivity contribution in [3.63, 3.8) is 0 Å². The minimum Gasteiger partial charge on any atom is -0.302 e. The van der Waals surface area contributed by atoms with Crippen molar-refractivity contribution >= 4 is 43.7 Å². The van der Waals surface area contributed by atoms with Crippen molar-refractivity contribution < 1.29 is 13.2 Å². The summed E-state index contributed by atoms with van der Waals surface area (Å²) in [6.45, 7) is 5.05. The van der Waals surface area contributed by atoms with E-state index < -0.39 is 10.0 Å². The second-order valence-electron chi connectivity index (χ2n) is 7.52. The van der Waals surface area contributed by atoms with Gasteiger partial charge in [0, 0.05) is 18.5 Å². The van der Waals surface area contributed by atoms with E-state index in [-0.39, 0.29) is 17.2 Å². The maximum atomic E-state index is 12.7. The van der Waals surface area contributed by atoms with Crippen molar-refractivity contribution in [2.45, 2.75) is 44.4 Å². The average molecular weight is 477 g/mol. The number of hydrogen-bond donors (Lipinski definition) is 1. The van der Waals surface area contributed by atoms with E-state index in [0.717, 1.165) is 46.1 Å². The van der Waals surface area contributed by atoms with Crippen LogP contribution in [0.3, 0.4) is 0 Å². The Morgan fingerprint density at radius 1 is 1.10 bits per heavy atom. The van der Waals surface area contributed by atoms with Crippen molar-refractivity contribution in [3.05, 3.63) is 45.9 Å². The summed E-state index contributed by atoms with van der Waals surface area (Å²) in [6, 6.07) is 6.58. The molecule has 31 heavy (non-hydrogen) atoms. The first kappa shape index (κ1) is 22.1. The summed E-state index contributed by atoms with van der Waals surface area (Å²) in [4.78, 5) is 22.7. The standard InChI is InChI=1S/C21H24N4O3S3/c1-14-20(30-15(2)22-14)18-13-29-21(23-18)24-19(26)12-16-6-8-17(9-7-16)31(27,28)25-10-4-3-5-11-25/h6-9,13H,3-5,10-12H2,1-2H3,(H,23,24,26). The minimum atomic E-state index is -3.46. The zero-order valence-electron chi connectivity index (χ0n) is 17.4. The number of piperidine rings is 1. The van der Waals surface area contributed by atoms with Gasteiger partial charge in [0.15, 0.2) is 5.13 Å². The number of thiazole rings is 2. The summed E-state index contributed by atoms with van der Waals surface area (Å²) in [5.74, 6) is -0.190. The van der Waals surface area contributed by atoms with Crippen LogP contribution in [-0.4, -0.2) is 41.7 Å². The normalized spacial score (nSPS) is 15.2. The molecule has 1 saturated heterocycles. The van der Waals surface area contributed by atoms with Crippen LogP contribution in [0.4, 0.5) is 5.13 Å². The van der Waals surface area contributed by atoms with Crippen molar-refractivity contribution in [2.75, 3.05) is 18.4 Å². The summed E-state index contributed by atoms with van der Waals surface area (Å²) in [5.41, 5.74) is 2.50. The van der Waals surface area contributed by atoms with E-state index in [1.165, 1.54) is 11.3 Å². The molecule has 2 aromatic heterocycles. The fraction of sp³-hybridized carbons (Fsp3) is 0.381. The average Bonchev–Trinajstić information content (AvgIpc) is 3.34. The molecule has 1 aliphatic rings. The Hall–Kier alpha value is -2.14. The van der Waals surface area contributed by atoms with Gasteiger partial charge < -0.3 is 5.32 Å². The Morgan fingerprint density at radius 2 is 1.81 bits per heavy atom. The van der Waals surface area contributed by atoms with Gasteiger partial charge in [-0.05, 0) is 44.4 Å². The predicted octanol–water partition coefficient (Wildman–Crippen LogP) is 4.24. The molecule has 1 aromatic carbocycles. The topological polar surface area (TPSA) is 92.3 Å². The molecule has 10 heteroatoms. The third-order valence-corrected chi connectivity index (χ3v) is 8.89. The number of nitrogens with one attached hydrogen (secondary N) is 1. The molecule has 7 nitrogen and oxygen atoms in total. The van der Waals surface area contributed by atoms with Crippen LogP contribution >= 0.6 is 22.7 Å². The van der Waals surface area contributed by atoms with Gasteiger partial charge in [-0.1, -0.05) is 18.6 Å². The molecule has 3 aromatic rings. The van der Waals surface area contributed by atoms with Crippen LogP contribution in [0.1, 0.15) is 35.5 Å². The highest BCUT2D eigenvalue weighted by Crippen LogP contribution is 2.32. The number of carbonyl (C=O) groups is 1. The lowest BCUT2D eigenvalue weighted by Gasteiger charge is -2.25. The Morgan fingerprint density at radius 3 is 2.45 bits per heavy atom. The molecule has 0 bridgehead atoms. The lowest BCUT2D eigenvalue weighted by molar-refractivity contribution is -0.115. The molecule has 1 aliphatic heterocycles. The van der Waals surface area contributed by atoms with Gasteiger partial charge in [0.1, 0.15) is 0 Å². The van der Waals surface area contributed by atoms with E-state index in [2.05, 4.69) is 15.3 Å². The van der Waals surface area contributed by atoms with Gasteiger partial charge in [-0.15, -0.1) is 22.7 Å². The first-order valence-corrected chi connectivity index (χ1v) is 13.3. The number of hydrogen-bond acceptors (Lipinski definition) is 7. The number of carbonyl (C=O) groups excluding carboxylic acids is 1. The fourth-order valence-electron chi connectivity index (χ4n) is 3.59. The number of amides is 1. The summed E-state index contributed by atoms with van der Waals surface area (Å²) < 4.78 is 27.0. The van der Waals surface area contributed by atoms with Crippen LogP contribution in [0.25, 0.3) is 10.6 Å². The smallest absolute Gasteiger partial charge is 0.243 e. The van der Waals surface area contributed by atoms with Crippen molar-refractivity contribution in [3.8, 4) is 10.6 Å². The van der Waals surface area contributed by atoms with Crippen LogP contribution in [-0.2, 0) is 21.2 Å². The molecular formula is C21H24N4O3S3.